The predicted octanol–water partition coefficient (Wildman–Crippen LogP) is 1.73. The van der Waals surface area contributed by atoms with Gasteiger partial charge in [0.05, 0.1) is 12.7 Å². The summed E-state index contributed by atoms with van der Waals surface area (Å²) in [7, 11) is 2.19. The fraction of sp³-hybridized carbons (Fsp3) is 1.00. The van der Waals surface area contributed by atoms with Gasteiger partial charge in [-0.05, 0) is 46.2 Å². The van der Waals surface area contributed by atoms with Crippen LogP contribution in [0.15, 0.2) is 0 Å². The fourth-order valence-corrected chi connectivity index (χ4v) is 2.01. The average Bonchev–Trinajstić information content (AvgIpc) is 2.99. The number of hydrogen-bond acceptors (Lipinski definition) is 3. The van der Waals surface area contributed by atoms with Gasteiger partial charge in [0.25, 0.3) is 0 Å². The Morgan fingerprint density at radius 1 is 1.38 bits per heavy atom. The number of nitrogens with one attached hydrogen (secondary N) is 1. The van der Waals surface area contributed by atoms with Crippen LogP contribution in [0.3, 0.4) is 0 Å². The molecule has 0 aliphatic heterocycles. The quantitative estimate of drug-likeness (QED) is 0.650. The Morgan fingerprint density at radius 2 is 2.06 bits per heavy atom. The molecule has 1 aliphatic carbocycles. The van der Waals surface area contributed by atoms with Crippen LogP contribution in [0.2, 0.25) is 0 Å². The van der Waals surface area contributed by atoms with Crippen LogP contribution in [0.25, 0.3) is 0 Å². The number of rotatable bonds is 9. The van der Waals surface area contributed by atoms with Crippen LogP contribution in [-0.2, 0) is 4.74 Å². The maximum Gasteiger partial charge on any atom is 0.0596 e. The first-order chi connectivity index (χ1) is 7.63. The lowest BCUT2D eigenvalue weighted by Gasteiger charge is -2.24. The summed E-state index contributed by atoms with van der Waals surface area (Å²) in [5.41, 5.74) is 0. The zero-order valence-electron chi connectivity index (χ0n) is 11.3. The van der Waals surface area contributed by atoms with Crippen LogP contribution in [0, 0.1) is 5.92 Å². The van der Waals surface area contributed by atoms with Crippen molar-refractivity contribution in [3.63, 3.8) is 0 Å². The molecule has 3 heteroatoms. The van der Waals surface area contributed by atoms with Crippen molar-refractivity contribution in [3.05, 3.63) is 0 Å². The molecular weight excluding hydrogens is 200 g/mol. The van der Waals surface area contributed by atoms with Crippen molar-refractivity contribution < 1.29 is 4.74 Å². The Morgan fingerprint density at radius 3 is 2.56 bits per heavy atom. The maximum absolute atomic E-state index is 5.57. The van der Waals surface area contributed by atoms with Crippen molar-refractivity contribution in [3.8, 4) is 0 Å². The first-order valence-electron chi connectivity index (χ1n) is 6.67. The summed E-state index contributed by atoms with van der Waals surface area (Å²) in [5.74, 6) is 0.924. The van der Waals surface area contributed by atoms with Gasteiger partial charge >= 0.3 is 0 Å². The third-order valence-electron chi connectivity index (χ3n) is 3.09. The van der Waals surface area contributed by atoms with Crippen molar-refractivity contribution in [2.45, 2.75) is 45.8 Å². The van der Waals surface area contributed by atoms with Gasteiger partial charge in [-0.2, -0.15) is 0 Å². The highest BCUT2D eigenvalue weighted by Crippen LogP contribution is 2.32. The van der Waals surface area contributed by atoms with E-state index >= 15 is 0 Å². The number of ether oxygens (including phenoxy) is 1. The van der Waals surface area contributed by atoms with Crippen molar-refractivity contribution in [2.24, 2.45) is 5.92 Å². The molecule has 0 aromatic heterocycles. The molecule has 1 fully saturated rings. The van der Waals surface area contributed by atoms with Gasteiger partial charge in [0.2, 0.25) is 0 Å². The smallest absolute Gasteiger partial charge is 0.0596 e. The van der Waals surface area contributed by atoms with Gasteiger partial charge in [0, 0.05) is 19.1 Å². The Labute approximate surface area is 101 Å². The van der Waals surface area contributed by atoms with E-state index in [0.29, 0.717) is 12.1 Å². The molecule has 0 heterocycles. The summed E-state index contributed by atoms with van der Waals surface area (Å²) >= 11 is 0. The molecule has 0 saturated heterocycles. The van der Waals surface area contributed by atoms with E-state index in [1.165, 1.54) is 12.8 Å². The van der Waals surface area contributed by atoms with Crippen LogP contribution in [0.5, 0.6) is 0 Å². The largest absolute Gasteiger partial charge is 0.377 e. The summed E-state index contributed by atoms with van der Waals surface area (Å²) in [4.78, 5) is 2.38. The van der Waals surface area contributed by atoms with E-state index in [1.807, 2.05) is 0 Å². The summed E-state index contributed by atoms with van der Waals surface area (Å²) in [6.45, 7) is 10.5. The Kier molecular flexibility index (Phi) is 6.32. The van der Waals surface area contributed by atoms with Gasteiger partial charge in [-0.3, -0.25) is 0 Å². The third kappa shape index (κ3) is 5.83. The van der Waals surface area contributed by atoms with Gasteiger partial charge in [-0.1, -0.05) is 6.92 Å². The summed E-state index contributed by atoms with van der Waals surface area (Å²) in [6.07, 6.45) is 3.17. The average molecular weight is 228 g/mol. The lowest BCUT2D eigenvalue weighted by atomic mass is 10.1. The number of likely N-dealkylation sites (N-methyl/N-ethyl adjacent to an activating group) is 2. The maximum atomic E-state index is 5.57. The molecule has 0 radical (unpaired) electrons. The minimum atomic E-state index is 0.349. The molecule has 16 heavy (non-hydrogen) atoms. The van der Waals surface area contributed by atoms with Crippen molar-refractivity contribution in [1.82, 2.24) is 10.2 Å². The molecule has 0 aromatic rings. The SMILES string of the molecule is CCNC(CN(C)CCOC(C)C)C1CC1. The molecule has 0 spiro atoms. The van der Waals surface area contributed by atoms with Crippen LogP contribution < -0.4 is 5.32 Å². The normalized spacial score (nSPS) is 18.4. The number of hydrogen-bond donors (Lipinski definition) is 1. The molecule has 0 aromatic carbocycles. The highest BCUT2D eigenvalue weighted by molar-refractivity contribution is 4.87. The highest BCUT2D eigenvalue weighted by Gasteiger charge is 2.30. The Bertz CT molecular complexity index is 181. The molecule has 1 rings (SSSR count). The van der Waals surface area contributed by atoms with Crippen molar-refractivity contribution >= 4 is 0 Å². The lowest BCUT2D eigenvalue weighted by Crippen LogP contribution is -2.42. The minimum Gasteiger partial charge on any atom is -0.377 e. The molecule has 1 N–H and O–H groups in total. The zero-order chi connectivity index (χ0) is 12.0. The van der Waals surface area contributed by atoms with Crippen molar-refractivity contribution in [2.75, 3.05) is 33.3 Å². The molecule has 3 nitrogen and oxygen atoms in total. The third-order valence-corrected chi connectivity index (χ3v) is 3.09. The van der Waals surface area contributed by atoms with Crippen LogP contribution in [0.4, 0.5) is 0 Å². The Hall–Kier alpha value is -0.120. The van der Waals surface area contributed by atoms with Crippen LogP contribution >= 0.6 is 0 Å². The van der Waals surface area contributed by atoms with Gasteiger partial charge in [-0.15, -0.1) is 0 Å². The first kappa shape index (κ1) is 13.9. The number of nitrogens with zero attached hydrogens (tertiary/aromatic N) is 1. The fourth-order valence-electron chi connectivity index (χ4n) is 2.01. The van der Waals surface area contributed by atoms with Gasteiger partial charge in [-0.25, -0.2) is 0 Å². The van der Waals surface area contributed by atoms with Gasteiger partial charge < -0.3 is 15.0 Å². The second-order valence-electron chi connectivity index (χ2n) is 5.18. The highest BCUT2D eigenvalue weighted by atomic mass is 16.5. The first-order valence-corrected chi connectivity index (χ1v) is 6.67. The van der Waals surface area contributed by atoms with E-state index in [1.54, 1.807) is 0 Å². The zero-order valence-corrected chi connectivity index (χ0v) is 11.3. The second-order valence-corrected chi connectivity index (χ2v) is 5.18. The molecule has 1 aliphatic rings. The molecule has 1 saturated carbocycles. The van der Waals surface area contributed by atoms with Gasteiger partial charge in [0.1, 0.15) is 0 Å². The second kappa shape index (κ2) is 7.25. The van der Waals surface area contributed by atoms with Gasteiger partial charge in [0.15, 0.2) is 0 Å². The summed E-state index contributed by atoms with van der Waals surface area (Å²) in [6, 6.07) is 0.689. The van der Waals surface area contributed by atoms with E-state index in [9.17, 15) is 0 Å². The summed E-state index contributed by atoms with van der Waals surface area (Å²) in [5, 5.41) is 3.59. The van der Waals surface area contributed by atoms with Crippen molar-refractivity contribution in [1.29, 1.82) is 0 Å². The van der Waals surface area contributed by atoms with E-state index in [-0.39, 0.29) is 0 Å². The summed E-state index contributed by atoms with van der Waals surface area (Å²) < 4.78 is 5.57. The standard InChI is InChI=1S/C13H28N2O/c1-5-14-13(12-6-7-12)10-15(4)8-9-16-11(2)3/h11-14H,5-10H2,1-4H3. The van der Waals surface area contributed by atoms with E-state index in [4.69, 9.17) is 4.74 Å². The predicted molar refractivity (Wildman–Crippen MR) is 68.8 cm³/mol. The molecular formula is C13H28N2O. The van der Waals surface area contributed by atoms with E-state index in [2.05, 4.69) is 38.0 Å². The minimum absolute atomic E-state index is 0.349. The monoisotopic (exact) mass is 228 g/mol. The van der Waals surface area contributed by atoms with Crippen LogP contribution in [0.1, 0.15) is 33.6 Å². The lowest BCUT2D eigenvalue weighted by molar-refractivity contribution is 0.0618. The molecule has 96 valence electrons. The molecule has 1 unspecified atom stereocenters. The van der Waals surface area contributed by atoms with E-state index < -0.39 is 0 Å². The molecule has 1 atom stereocenters. The molecule has 0 amide bonds. The Balaban J connectivity index is 2.12. The van der Waals surface area contributed by atoms with Crippen LogP contribution in [-0.4, -0.2) is 50.3 Å². The van der Waals surface area contributed by atoms with E-state index in [0.717, 1.165) is 32.2 Å². The molecule has 0 bridgehead atoms. The topological polar surface area (TPSA) is 24.5 Å².